The van der Waals surface area contributed by atoms with Gasteiger partial charge in [0, 0.05) is 18.0 Å². The molecule has 0 saturated carbocycles. The highest BCUT2D eigenvalue weighted by molar-refractivity contribution is 5.68. The Balaban J connectivity index is 1.71. The molecule has 0 unspecified atom stereocenters. The monoisotopic (exact) mass is 354 g/mol. The van der Waals surface area contributed by atoms with Crippen LogP contribution in [0.3, 0.4) is 0 Å². The van der Waals surface area contributed by atoms with E-state index in [1.807, 2.05) is 36.7 Å². The van der Waals surface area contributed by atoms with Crippen LogP contribution in [0, 0.1) is 0 Å². The first-order chi connectivity index (χ1) is 12.7. The maximum Gasteiger partial charge on any atom is 0.387 e. The molecule has 0 N–H and O–H groups in total. The Labute approximate surface area is 151 Å². The summed E-state index contributed by atoms with van der Waals surface area (Å²) < 4.78 is 28.8. The summed E-state index contributed by atoms with van der Waals surface area (Å²) in [4.78, 5) is 8.89. The molecular formula is C21H20F2N2O. The number of hydrogen-bond acceptors (Lipinski definition) is 3. The third-order valence-electron chi connectivity index (χ3n) is 4.08. The highest BCUT2D eigenvalue weighted by atomic mass is 19.3. The number of hydrogen-bond donors (Lipinski definition) is 0. The van der Waals surface area contributed by atoms with Crippen LogP contribution in [0.5, 0.6) is 5.75 Å². The van der Waals surface area contributed by atoms with Crippen molar-refractivity contribution in [2.45, 2.75) is 32.8 Å². The lowest BCUT2D eigenvalue weighted by Crippen LogP contribution is -2.01. The van der Waals surface area contributed by atoms with Gasteiger partial charge in [-0.1, -0.05) is 49.7 Å². The van der Waals surface area contributed by atoms with Crippen molar-refractivity contribution >= 4 is 0 Å². The Morgan fingerprint density at radius 2 is 1.38 bits per heavy atom. The second kappa shape index (κ2) is 8.52. The molecule has 0 aliphatic rings. The molecule has 26 heavy (non-hydrogen) atoms. The maximum absolute atomic E-state index is 12.2. The van der Waals surface area contributed by atoms with E-state index in [1.54, 1.807) is 12.1 Å². The first-order valence-electron chi connectivity index (χ1n) is 8.62. The molecule has 0 aliphatic carbocycles. The lowest BCUT2D eigenvalue weighted by atomic mass is 10.0. The fourth-order valence-corrected chi connectivity index (χ4v) is 2.65. The molecule has 0 aliphatic heterocycles. The van der Waals surface area contributed by atoms with Crippen molar-refractivity contribution in [3.05, 3.63) is 66.5 Å². The summed E-state index contributed by atoms with van der Waals surface area (Å²) in [5, 5.41) is 0. The van der Waals surface area contributed by atoms with Gasteiger partial charge in [0.2, 0.25) is 0 Å². The standard InChI is InChI=1S/C21H20F2N2O/c1-2-3-4-15-13-24-20(25-14-15)18-7-5-16(6-8-18)17-9-11-19(12-10-17)26-21(22)23/h5-14,21H,2-4H2,1H3. The molecule has 0 fully saturated rings. The van der Waals surface area contributed by atoms with Gasteiger partial charge in [0.15, 0.2) is 5.82 Å². The van der Waals surface area contributed by atoms with E-state index in [2.05, 4.69) is 21.6 Å². The minimum atomic E-state index is -2.81. The first-order valence-corrected chi connectivity index (χ1v) is 8.62. The predicted molar refractivity (Wildman–Crippen MR) is 98.1 cm³/mol. The van der Waals surface area contributed by atoms with Crippen molar-refractivity contribution in [3.8, 4) is 28.3 Å². The van der Waals surface area contributed by atoms with Crippen LogP contribution in [0.4, 0.5) is 8.78 Å². The number of halogens is 2. The second-order valence-corrected chi connectivity index (χ2v) is 6.00. The maximum atomic E-state index is 12.2. The first kappa shape index (κ1) is 18.0. The summed E-state index contributed by atoms with van der Waals surface area (Å²) in [7, 11) is 0. The van der Waals surface area contributed by atoms with Gasteiger partial charge in [-0.3, -0.25) is 0 Å². The number of nitrogens with zero attached hydrogens (tertiary/aromatic N) is 2. The zero-order valence-corrected chi connectivity index (χ0v) is 14.5. The molecule has 3 rings (SSSR count). The minimum Gasteiger partial charge on any atom is -0.435 e. The van der Waals surface area contributed by atoms with E-state index in [4.69, 9.17) is 0 Å². The molecule has 0 amide bonds. The Kier molecular flexibility index (Phi) is 5.89. The molecule has 3 nitrogen and oxygen atoms in total. The normalized spacial score (nSPS) is 10.9. The highest BCUT2D eigenvalue weighted by Crippen LogP contribution is 2.25. The van der Waals surface area contributed by atoms with Crippen LogP contribution in [-0.2, 0) is 6.42 Å². The Bertz CT molecular complexity index is 816. The van der Waals surface area contributed by atoms with E-state index >= 15 is 0 Å². The van der Waals surface area contributed by atoms with Gasteiger partial charge in [-0.25, -0.2) is 9.97 Å². The van der Waals surface area contributed by atoms with Gasteiger partial charge in [-0.15, -0.1) is 0 Å². The van der Waals surface area contributed by atoms with E-state index in [0.717, 1.165) is 41.5 Å². The van der Waals surface area contributed by atoms with Crippen LogP contribution >= 0.6 is 0 Å². The van der Waals surface area contributed by atoms with E-state index in [0.29, 0.717) is 5.82 Å². The van der Waals surface area contributed by atoms with Crippen molar-refractivity contribution in [1.29, 1.82) is 0 Å². The van der Waals surface area contributed by atoms with Crippen LogP contribution in [0.1, 0.15) is 25.3 Å². The summed E-state index contributed by atoms with van der Waals surface area (Å²) in [5.74, 6) is 0.842. The zero-order valence-electron chi connectivity index (χ0n) is 14.5. The number of aromatic nitrogens is 2. The quantitative estimate of drug-likeness (QED) is 0.541. The van der Waals surface area contributed by atoms with Gasteiger partial charge >= 0.3 is 6.61 Å². The summed E-state index contributed by atoms with van der Waals surface area (Å²) in [6.07, 6.45) is 7.05. The highest BCUT2D eigenvalue weighted by Gasteiger charge is 2.06. The van der Waals surface area contributed by atoms with Gasteiger partial charge in [0.1, 0.15) is 5.75 Å². The van der Waals surface area contributed by atoms with Crippen molar-refractivity contribution < 1.29 is 13.5 Å². The predicted octanol–water partition coefficient (Wildman–Crippen LogP) is 5.75. The minimum absolute atomic E-state index is 0.150. The Morgan fingerprint density at radius 1 is 0.846 bits per heavy atom. The van der Waals surface area contributed by atoms with E-state index in [1.165, 1.54) is 12.1 Å². The molecule has 2 aromatic carbocycles. The third kappa shape index (κ3) is 4.63. The molecule has 0 saturated heterocycles. The molecule has 3 aromatic rings. The van der Waals surface area contributed by atoms with Crippen LogP contribution in [0.15, 0.2) is 60.9 Å². The SMILES string of the molecule is CCCCc1cnc(-c2ccc(-c3ccc(OC(F)F)cc3)cc2)nc1. The lowest BCUT2D eigenvalue weighted by Gasteiger charge is -2.07. The fourth-order valence-electron chi connectivity index (χ4n) is 2.65. The smallest absolute Gasteiger partial charge is 0.387 e. The van der Waals surface area contributed by atoms with Crippen LogP contribution in [0.25, 0.3) is 22.5 Å². The van der Waals surface area contributed by atoms with E-state index < -0.39 is 6.61 Å². The number of unbranched alkanes of at least 4 members (excludes halogenated alkanes) is 1. The molecule has 0 radical (unpaired) electrons. The second-order valence-electron chi connectivity index (χ2n) is 6.00. The molecular weight excluding hydrogens is 334 g/mol. The fraction of sp³-hybridized carbons (Fsp3) is 0.238. The van der Waals surface area contributed by atoms with Gasteiger partial charge in [-0.2, -0.15) is 8.78 Å². The number of alkyl halides is 2. The van der Waals surface area contributed by atoms with Crippen molar-refractivity contribution in [2.75, 3.05) is 0 Å². The van der Waals surface area contributed by atoms with E-state index in [9.17, 15) is 8.78 Å². The van der Waals surface area contributed by atoms with Crippen molar-refractivity contribution in [2.24, 2.45) is 0 Å². The molecule has 0 atom stereocenters. The molecule has 1 heterocycles. The number of benzene rings is 2. The Morgan fingerprint density at radius 3 is 1.92 bits per heavy atom. The van der Waals surface area contributed by atoms with E-state index in [-0.39, 0.29) is 5.75 Å². The summed E-state index contributed by atoms with van der Waals surface area (Å²) in [5.41, 5.74) is 4.00. The Hall–Kier alpha value is -2.82. The lowest BCUT2D eigenvalue weighted by molar-refractivity contribution is -0.0498. The summed E-state index contributed by atoms with van der Waals surface area (Å²) >= 11 is 0. The number of rotatable bonds is 7. The number of ether oxygens (including phenoxy) is 1. The van der Waals surface area contributed by atoms with Crippen molar-refractivity contribution in [1.82, 2.24) is 9.97 Å². The molecule has 134 valence electrons. The third-order valence-corrected chi connectivity index (χ3v) is 4.08. The molecule has 0 bridgehead atoms. The summed E-state index contributed by atoms with van der Waals surface area (Å²) in [6.45, 7) is -0.649. The van der Waals surface area contributed by atoms with Crippen LogP contribution in [-0.4, -0.2) is 16.6 Å². The van der Waals surface area contributed by atoms with Crippen LogP contribution < -0.4 is 4.74 Å². The number of aryl methyl sites for hydroxylation is 1. The molecule has 5 heteroatoms. The zero-order chi connectivity index (χ0) is 18.4. The van der Waals surface area contributed by atoms with Gasteiger partial charge in [0.05, 0.1) is 0 Å². The van der Waals surface area contributed by atoms with Crippen molar-refractivity contribution in [3.63, 3.8) is 0 Å². The average Bonchev–Trinajstić information content (AvgIpc) is 2.67. The summed E-state index contributed by atoms with van der Waals surface area (Å²) in [6, 6.07) is 14.4. The largest absolute Gasteiger partial charge is 0.435 e. The van der Waals surface area contributed by atoms with Crippen LogP contribution in [0.2, 0.25) is 0 Å². The van der Waals surface area contributed by atoms with Gasteiger partial charge in [0.25, 0.3) is 0 Å². The topological polar surface area (TPSA) is 35.0 Å². The average molecular weight is 354 g/mol. The molecule has 1 aromatic heterocycles. The van der Waals surface area contributed by atoms with Gasteiger partial charge < -0.3 is 4.74 Å². The molecule has 0 spiro atoms. The van der Waals surface area contributed by atoms with Gasteiger partial charge in [-0.05, 0) is 41.7 Å².